The van der Waals surface area contributed by atoms with Crippen molar-refractivity contribution in [2.24, 2.45) is 0 Å². The van der Waals surface area contributed by atoms with E-state index in [1.54, 1.807) is 12.1 Å². The number of aromatic nitrogens is 1. The first-order valence-corrected chi connectivity index (χ1v) is 4.61. The average Bonchev–Trinajstić information content (AvgIpc) is 2.29. The van der Waals surface area contributed by atoms with Gasteiger partial charge in [-0.2, -0.15) is 0 Å². The van der Waals surface area contributed by atoms with Gasteiger partial charge >= 0.3 is 0 Å². The van der Waals surface area contributed by atoms with Gasteiger partial charge in [0.2, 0.25) is 0 Å². The monoisotopic (exact) mass is 217 g/mol. The SMILES string of the molecule is O=Cc1cncc(Oc2cccc(F)c2)c1. The highest BCUT2D eigenvalue weighted by Crippen LogP contribution is 2.21. The summed E-state index contributed by atoms with van der Waals surface area (Å²) in [5, 5.41) is 0. The summed E-state index contributed by atoms with van der Waals surface area (Å²) in [5.74, 6) is 0.386. The third-order valence-corrected chi connectivity index (χ3v) is 1.90. The maximum atomic E-state index is 12.9. The lowest BCUT2D eigenvalue weighted by molar-refractivity contribution is 0.112. The van der Waals surface area contributed by atoms with Gasteiger partial charge in [-0.05, 0) is 18.2 Å². The molecule has 0 amide bonds. The molecule has 0 aliphatic carbocycles. The predicted molar refractivity (Wildman–Crippen MR) is 56.1 cm³/mol. The zero-order chi connectivity index (χ0) is 11.4. The van der Waals surface area contributed by atoms with E-state index in [0.29, 0.717) is 23.3 Å². The first kappa shape index (κ1) is 10.3. The number of carbonyl (C=O) groups excluding carboxylic acids is 1. The molecule has 0 unspecified atom stereocenters. The molecule has 2 rings (SSSR count). The van der Waals surface area contributed by atoms with E-state index in [0.717, 1.165) is 0 Å². The molecule has 0 fully saturated rings. The molecule has 0 atom stereocenters. The van der Waals surface area contributed by atoms with Gasteiger partial charge in [0.25, 0.3) is 0 Å². The van der Waals surface area contributed by atoms with Crippen LogP contribution in [0.4, 0.5) is 4.39 Å². The van der Waals surface area contributed by atoms with Crippen molar-refractivity contribution in [1.82, 2.24) is 4.98 Å². The van der Waals surface area contributed by atoms with Crippen LogP contribution in [0.1, 0.15) is 10.4 Å². The fraction of sp³-hybridized carbons (Fsp3) is 0. The van der Waals surface area contributed by atoms with Gasteiger partial charge in [0.1, 0.15) is 17.3 Å². The van der Waals surface area contributed by atoms with Crippen molar-refractivity contribution < 1.29 is 13.9 Å². The molecule has 1 aromatic carbocycles. The lowest BCUT2D eigenvalue weighted by Gasteiger charge is -2.04. The van der Waals surface area contributed by atoms with Crippen LogP contribution in [0.25, 0.3) is 0 Å². The zero-order valence-electron chi connectivity index (χ0n) is 8.26. The number of pyridine rings is 1. The smallest absolute Gasteiger partial charge is 0.151 e. The number of hydrogen-bond acceptors (Lipinski definition) is 3. The molecule has 1 heterocycles. The van der Waals surface area contributed by atoms with Gasteiger partial charge in [-0.15, -0.1) is 0 Å². The molecule has 3 nitrogen and oxygen atoms in total. The summed E-state index contributed by atoms with van der Waals surface area (Å²) in [6.07, 6.45) is 3.55. The number of halogens is 1. The van der Waals surface area contributed by atoms with E-state index in [2.05, 4.69) is 4.98 Å². The molecular formula is C12H8FNO2. The Kier molecular flexibility index (Phi) is 2.91. The van der Waals surface area contributed by atoms with E-state index in [4.69, 9.17) is 4.74 Å². The Hall–Kier alpha value is -2.23. The summed E-state index contributed by atoms with van der Waals surface area (Å²) in [4.78, 5) is 14.3. The zero-order valence-corrected chi connectivity index (χ0v) is 8.26. The third kappa shape index (κ3) is 2.42. The van der Waals surface area contributed by atoms with Gasteiger partial charge in [0.05, 0.1) is 6.20 Å². The van der Waals surface area contributed by atoms with E-state index in [1.807, 2.05) is 0 Å². The summed E-state index contributed by atoms with van der Waals surface area (Å²) >= 11 is 0. The van der Waals surface area contributed by atoms with Crippen LogP contribution in [-0.4, -0.2) is 11.3 Å². The van der Waals surface area contributed by atoms with E-state index < -0.39 is 0 Å². The fourth-order valence-corrected chi connectivity index (χ4v) is 1.22. The van der Waals surface area contributed by atoms with Crippen LogP contribution in [0.15, 0.2) is 42.7 Å². The molecule has 0 N–H and O–H groups in total. The van der Waals surface area contributed by atoms with Crippen molar-refractivity contribution in [3.63, 3.8) is 0 Å². The number of nitrogens with zero attached hydrogens (tertiary/aromatic N) is 1. The maximum absolute atomic E-state index is 12.9. The lowest BCUT2D eigenvalue weighted by Crippen LogP contribution is -1.88. The normalized spacial score (nSPS) is 9.81. The van der Waals surface area contributed by atoms with Crippen molar-refractivity contribution >= 4 is 6.29 Å². The van der Waals surface area contributed by atoms with Gasteiger partial charge in [0, 0.05) is 17.8 Å². The highest BCUT2D eigenvalue weighted by molar-refractivity contribution is 5.74. The summed E-state index contributed by atoms with van der Waals surface area (Å²) in [6, 6.07) is 7.28. The van der Waals surface area contributed by atoms with Crippen LogP contribution in [0.3, 0.4) is 0 Å². The Morgan fingerprint density at radius 1 is 1.19 bits per heavy atom. The van der Waals surface area contributed by atoms with Gasteiger partial charge in [-0.1, -0.05) is 6.07 Å². The summed E-state index contributed by atoms with van der Waals surface area (Å²) in [7, 11) is 0. The minimum absolute atomic E-state index is 0.366. The Labute approximate surface area is 91.5 Å². The second-order valence-corrected chi connectivity index (χ2v) is 3.13. The van der Waals surface area contributed by atoms with Crippen LogP contribution < -0.4 is 4.74 Å². The van der Waals surface area contributed by atoms with Gasteiger partial charge in [0.15, 0.2) is 6.29 Å². The second kappa shape index (κ2) is 4.53. The number of benzene rings is 1. The molecule has 0 saturated heterocycles. The largest absolute Gasteiger partial charge is 0.456 e. The Bertz CT molecular complexity index is 514. The predicted octanol–water partition coefficient (Wildman–Crippen LogP) is 2.83. The average molecular weight is 217 g/mol. The van der Waals surface area contributed by atoms with Gasteiger partial charge in [-0.25, -0.2) is 4.39 Å². The molecule has 0 aliphatic heterocycles. The lowest BCUT2D eigenvalue weighted by atomic mass is 10.3. The van der Waals surface area contributed by atoms with Crippen molar-refractivity contribution in [3.05, 3.63) is 54.1 Å². The van der Waals surface area contributed by atoms with Gasteiger partial charge in [-0.3, -0.25) is 9.78 Å². The molecule has 2 aromatic rings. The fourth-order valence-electron chi connectivity index (χ4n) is 1.22. The van der Waals surface area contributed by atoms with Crippen molar-refractivity contribution in [2.75, 3.05) is 0 Å². The summed E-state index contributed by atoms with van der Waals surface area (Å²) < 4.78 is 18.2. The second-order valence-electron chi connectivity index (χ2n) is 3.13. The number of rotatable bonds is 3. The quantitative estimate of drug-likeness (QED) is 0.742. The Morgan fingerprint density at radius 2 is 2.06 bits per heavy atom. The number of aldehydes is 1. The Morgan fingerprint density at radius 3 is 2.81 bits per heavy atom. The number of ether oxygens (including phenoxy) is 1. The highest BCUT2D eigenvalue weighted by atomic mass is 19.1. The minimum Gasteiger partial charge on any atom is -0.456 e. The van der Waals surface area contributed by atoms with E-state index in [-0.39, 0.29) is 5.82 Å². The van der Waals surface area contributed by atoms with Crippen LogP contribution in [0.2, 0.25) is 0 Å². The van der Waals surface area contributed by atoms with E-state index in [9.17, 15) is 9.18 Å². The van der Waals surface area contributed by atoms with Crippen molar-refractivity contribution in [1.29, 1.82) is 0 Å². The van der Waals surface area contributed by atoms with Crippen molar-refractivity contribution in [3.8, 4) is 11.5 Å². The molecule has 16 heavy (non-hydrogen) atoms. The van der Waals surface area contributed by atoms with E-state index >= 15 is 0 Å². The molecule has 1 aromatic heterocycles. The van der Waals surface area contributed by atoms with Crippen LogP contribution in [0, 0.1) is 5.82 Å². The molecule has 80 valence electrons. The molecule has 0 aliphatic rings. The van der Waals surface area contributed by atoms with E-state index in [1.165, 1.54) is 30.6 Å². The Balaban J connectivity index is 2.23. The maximum Gasteiger partial charge on any atom is 0.151 e. The molecule has 0 bridgehead atoms. The first-order chi connectivity index (χ1) is 7.78. The highest BCUT2D eigenvalue weighted by Gasteiger charge is 2.00. The molecule has 0 radical (unpaired) electrons. The summed E-state index contributed by atoms with van der Waals surface area (Å²) in [5.41, 5.74) is 0.411. The molecule has 0 spiro atoms. The third-order valence-electron chi connectivity index (χ3n) is 1.90. The molecule has 4 heteroatoms. The number of hydrogen-bond donors (Lipinski definition) is 0. The molecule has 0 saturated carbocycles. The first-order valence-electron chi connectivity index (χ1n) is 4.61. The van der Waals surface area contributed by atoms with Crippen molar-refractivity contribution in [2.45, 2.75) is 0 Å². The van der Waals surface area contributed by atoms with Crippen LogP contribution in [0.5, 0.6) is 11.5 Å². The van der Waals surface area contributed by atoms with Gasteiger partial charge < -0.3 is 4.74 Å². The number of carbonyl (C=O) groups is 1. The van der Waals surface area contributed by atoms with Crippen LogP contribution in [-0.2, 0) is 0 Å². The van der Waals surface area contributed by atoms with Crippen LogP contribution >= 0.6 is 0 Å². The molecular weight excluding hydrogens is 209 g/mol. The standard InChI is InChI=1S/C12H8FNO2/c13-10-2-1-3-11(5-10)16-12-4-9(8-15)6-14-7-12/h1-8H. The summed E-state index contributed by atoms with van der Waals surface area (Å²) in [6.45, 7) is 0. The minimum atomic E-state index is -0.378. The topological polar surface area (TPSA) is 39.2 Å².